The van der Waals surface area contributed by atoms with E-state index in [0.717, 1.165) is 38.3 Å². The summed E-state index contributed by atoms with van der Waals surface area (Å²) in [5, 5.41) is 0. The minimum absolute atomic E-state index is 0.297. The summed E-state index contributed by atoms with van der Waals surface area (Å²) in [4.78, 5) is 17.0. The van der Waals surface area contributed by atoms with Crippen molar-refractivity contribution < 1.29 is 9.53 Å². The van der Waals surface area contributed by atoms with E-state index in [1.807, 2.05) is 25.1 Å². The molecule has 25 heavy (non-hydrogen) atoms. The minimum Gasteiger partial charge on any atom is -0.462 e. The molecular weight excluding hydrogens is 314 g/mol. The van der Waals surface area contributed by atoms with Gasteiger partial charge in [-0.1, -0.05) is 25.1 Å². The van der Waals surface area contributed by atoms with Crippen LogP contribution in [-0.4, -0.2) is 38.8 Å². The fourth-order valence-corrected chi connectivity index (χ4v) is 3.11. The van der Waals surface area contributed by atoms with E-state index in [-0.39, 0.29) is 5.97 Å². The molecule has 1 heterocycles. The molecule has 0 aliphatic carbocycles. The van der Waals surface area contributed by atoms with Crippen molar-refractivity contribution in [2.24, 2.45) is 0 Å². The van der Waals surface area contributed by atoms with Crippen molar-refractivity contribution in [3.8, 4) is 0 Å². The predicted molar refractivity (Wildman–Crippen MR) is 102 cm³/mol. The zero-order valence-corrected chi connectivity index (χ0v) is 14.6. The van der Waals surface area contributed by atoms with Gasteiger partial charge >= 0.3 is 5.97 Å². The van der Waals surface area contributed by atoms with Crippen LogP contribution in [0.25, 0.3) is 0 Å². The molecule has 0 amide bonds. The number of nitrogens with zero attached hydrogens (tertiary/aromatic N) is 2. The largest absolute Gasteiger partial charge is 0.462 e. The number of piperazine rings is 1. The first-order valence-electron chi connectivity index (χ1n) is 8.80. The Morgan fingerprint density at radius 2 is 1.72 bits per heavy atom. The third kappa shape index (κ3) is 4.05. The second-order valence-corrected chi connectivity index (χ2v) is 6.22. The first-order valence-corrected chi connectivity index (χ1v) is 8.80. The highest BCUT2D eigenvalue weighted by Gasteiger charge is 2.22. The quantitative estimate of drug-likeness (QED) is 0.670. The summed E-state index contributed by atoms with van der Waals surface area (Å²) in [6, 6.07) is 15.9. The highest BCUT2D eigenvalue weighted by Crippen LogP contribution is 2.26. The van der Waals surface area contributed by atoms with E-state index in [1.165, 1.54) is 5.69 Å². The summed E-state index contributed by atoms with van der Waals surface area (Å²) in [5.41, 5.74) is 9.17. The number of rotatable bonds is 5. The Morgan fingerprint density at radius 3 is 2.40 bits per heavy atom. The SMILES string of the molecule is CCCOC(=O)c1cc(N)ccc1N1CCN(c2ccccc2)CC1. The van der Waals surface area contributed by atoms with Crippen LogP contribution in [0.2, 0.25) is 0 Å². The van der Waals surface area contributed by atoms with Gasteiger partial charge in [0.05, 0.1) is 17.9 Å². The van der Waals surface area contributed by atoms with Gasteiger partial charge in [0, 0.05) is 37.6 Å². The summed E-state index contributed by atoms with van der Waals surface area (Å²) in [6.07, 6.45) is 0.805. The lowest BCUT2D eigenvalue weighted by Gasteiger charge is -2.38. The summed E-state index contributed by atoms with van der Waals surface area (Å²) >= 11 is 0. The first-order chi connectivity index (χ1) is 12.2. The number of hydrogen-bond donors (Lipinski definition) is 1. The average molecular weight is 339 g/mol. The summed E-state index contributed by atoms with van der Waals surface area (Å²) < 4.78 is 5.32. The molecule has 2 aromatic rings. The lowest BCUT2D eigenvalue weighted by Crippen LogP contribution is -2.47. The normalized spacial score (nSPS) is 14.4. The second-order valence-electron chi connectivity index (χ2n) is 6.22. The van der Waals surface area contributed by atoms with Gasteiger partial charge in [-0.15, -0.1) is 0 Å². The maximum absolute atomic E-state index is 12.4. The van der Waals surface area contributed by atoms with Crippen molar-refractivity contribution in [1.82, 2.24) is 0 Å². The van der Waals surface area contributed by atoms with Crippen molar-refractivity contribution in [2.75, 3.05) is 48.3 Å². The number of para-hydroxylation sites is 1. The van der Waals surface area contributed by atoms with Crippen molar-refractivity contribution in [2.45, 2.75) is 13.3 Å². The number of benzene rings is 2. The smallest absolute Gasteiger partial charge is 0.340 e. The molecule has 1 fully saturated rings. The van der Waals surface area contributed by atoms with E-state index in [2.05, 4.69) is 34.1 Å². The molecule has 0 unspecified atom stereocenters. The molecule has 1 saturated heterocycles. The molecule has 3 rings (SSSR count). The average Bonchev–Trinajstić information content (AvgIpc) is 2.67. The molecule has 0 radical (unpaired) electrons. The molecule has 0 atom stereocenters. The van der Waals surface area contributed by atoms with Crippen LogP contribution in [0, 0.1) is 0 Å². The van der Waals surface area contributed by atoms with Crippen LogP contribution in [0.5, 0.6) is 0 Å². The monoisotopic (exact) mass is 339 g/mol. The zero-order valence-electron chi connectivity index (χ0n) is 14.6. The molecule has 0 saturated carbocycles. The molecule has 0 bridgehead atoms. The highest BCUT2D eigenvalue weighted by atomic mass is 16.5. The van der Waals surface area contributed by atoms with Gasteiger partial charge in [0.15, 0.2) is 0 Å². The summed E-state index contributed by atoms with van der Waals surface area (Å²) in [7, 11) is 0. The number of nitrogens with two attached hydrogens (primary N) is 1. The molecule has 5 heteroatoms. The van der Waals surface area contributed by atoms with Crippen LogP contribution >= 0.6 is 0 Å². The highest BCUT2D eigenvalue weighted by molar-refractivity contribution is 5.97. The summed E-state index contributed by atoms with van der Waals surface area (Å²) in [6.45, 7) is 5.95. The van der Waals surface area contributed by atoms with E-state index in [0.29, 0.717) is 17.9 Å². The standard InChI is InChI=1S/C20H25N3O2/c1-2-14-25-20(24)18-15-16(21)8-9-19(18)23-12-10-22(11-13-23)17-6-4-3-5-7-17/h3-9,15H,2,10-14,21H2,1H3. The molecule has 1 aliphatic rings. The van der Waals surface area contributed by atoms with Crippen molar-refractivity contribution in [3.05, 3.63) is 54.1 Å². The maximum Gasteiger partial charge on any atom is 0.340 e. The van der Waals surface area contributed by atoms with Gasteiger partial charge in [-0.05, 0) is 36.8 Å². The van der Waals surface area contributed by atoms with Crippen LogP contribution in [0.15, 0.2) is 48.5 Å². The Morgan fingerprint density at radius 1 is 1.04 bits per heavy atom. The van der Waals surface area contributed by atoms with Gasteiger partial charge in [-0.3, -0.25) is 0 Å². The lowest BCUT2D eigenvalue weighted by molar-refractivity contribution is 0.0506. The van der Waals surface area contributed by atoms with E-state index < -0.39 is 0 Å². The number of esters is 1. The second kappa shape index (κ2) is 7.92. The van der Waals surface area contributed by atoms with Crippen molar-refractivity contribution in [1.29, 1.82) is 0 Å². The van der Waals surface area contributed by atoms with E-state index in [9.17, 15) is 4.79 Å². The van der Waals surface area contributed by atoms with Crippen molar-refractivity contribution >= 4 is 23.0 Å². The topological polar surface area (TPSA) is 58.8 Å². The summed E-state index contributed by atoms with van der Waals surface area (Å²) in [5.74, 6) is -0.297. The maximum atomic E-state index is 12.4. The Labute approximate surface area is 149 Å². The van der Waals surface area contributed by atoms with Gasteiger partial charge in [-0.25, -0.2) is 4.79 Å². The molecule has 132 valence electrons. The molecule has 1 aliphatic heterocycles. The first kappa shape index (κ1) is 17.1. The molecule has 0 spiro atoms. The third-order valence-electron chi connectivity index (χ3n) is 4.42. The van der Waals surface area contributed by atoms with E-state index >= 15 is 0 Å². The van der Waals surface area contributed by atoms with Gasteiger partial charge < -0.3 is 20.3 Å². The molecule has 2 aromatic carbocycles. The Kier molecular flexibility index (Phi) is 5.43. The number of carbonyl (C=O) groups is 1. The molecule has 2 N–H and O–H groups in total. The minimum atomic E-state index is -0.297. The van der Waals surface area contributed by atoms with Crippen LogP contribution in [0.4, 0.5) is 17.1 Å². The zero-order chi connectivity index (χ0) is 17.6. The van der Waals surface area contributed by atoms with Gasteiger partial charge in [0.25, 0.3) is 0 Å². The molecule has 5 nitrogen and oxygen atoms in total. The van der Waals surface area contributed by atoms with Gasteiger partial charge in [0.1, 0.15) is 0 Å². The molecular formula is C20H25N3O2. The Balaban J connectivity index is 1.73. The van der Waals surface area contributed by atoms with Gasteiger partial charge in [0.2, 0.25) is 0 Å². The van der Waals surface area contributed by atoms with Crippen LogP contribution in [-0.2, 0) is 4.74 Å². The van der Waals surface area contributed by atoms with E-state index in [1.54, 1.807) is 6.07 Å². The van der Waals surface area contributed by atoms with Crippen LogP contribution in [0.1, 0.15) is 23.7 Å². The lowest BCUT2D eigenvalue weighted by atomic mass is 10.1. The number of hydrogen-bond acceptors (Lipinski definition) is 5. The number of carbonyl (C=O) groups excluding carboxylic acids is 1. The fourth-order valence-electron chi connectivity index (χ4n) is 3.11. The van der Waals surface area contributed by atoms with Crippen molar-refractivity contribution in [3.63, 3.8) is 0 Å². The molecule has 0 aromatic heterocycles. The number of ether oxygens (including phenoxy) is 1. The Hall–Kier alpha value is -2.69. The Bertz CT molecular complexity index is 710. The van der Waals surface area contributed by atoms with Crippen LogP contribution < -0.4 is 15.5 Å². The third-order valence-corrected chi connectivity index (χ3v) is 4.42. The van der Waals surface area contributed by atoms with Gasteiger partial charge in [-0.2, -0.15) is 0 Å². The van der Waals surface area contributed by atoms with Crippen LogP contribution in [0.3, 0.4) is 0 Å². The number of nitrogen functional groups attached to an aromatic ring is 1. The fraction of sp³-hybridized carbons (Fsp3) is 0.350. The predicted octanol–water partition coefficient (Wildman–Crippen LogP) is 3.16. The number of anilines is 3. The van der Waals surface area contributed by atoms with E-state index in [4.69, 9.17) is 10.5 Å².